The van der Waals surface area contributed by atoms with Crippen LogP contribution in [0.15, 0.2) is 12.7 Å². The summed E-state index contributed by atoms with van der Waals surface area (Å²) in [6.07, 6.45) is 6.68. The molecule has 0 aliphatic heterocycles. The first-order valence-corrected chi connectivity index (χ1v) is 5.84. The molecule has 0 aromatic heterocycles. The van der Waals surface area contributed by atoms with E-state index in [1.165, 1.54) is 12.8 Å². The normalized spacial score (nSPS) is 31.6. The van der Waals surface area contributed by atoms with Crippen LogP contribution in [0.4, 0.5) is 0 Å². The summed E-state index contributed by atoms with van der Waals surface area (Å²) in [6, 6.07) is 0. The van der Waals surface area contributed by atoms with Gasteiger partial charge in [0.25, 0.3) is 0 Å². The van der Waals surface area contributed by atoms with Gasteiger partial charge < -0.3 is 0 Å². The zero-order valence-electron chi connectivity index (χ0n) is 10.3. The van der Waals surface area contributed by atoms with Gasteiger partial charge in [0.05, 0.1) is 5.54 Å². The van der Waals surface area contributed by atoms with Crippen molar-refractivity contribution in [3.8, 4) is 0 Å². The molecule has 0 amide bonds. The Morgan fingerprint density at radius 1 is 1.60 bits per heavy atom. The third kappa shape index (κ3) is 2.49. The van der Waals surface area contributed by atoms with E-state index < -0.39 is 0 Å². The summed E-state index contributed by atoms with van der Waals surface area (Å²) in [5.41, 5.74) is -0.216. The lowest BCUT2D eigenvalue weighted by atomic mass is 9.72. The van der Waals surface area contributed by atoms with Crippen molar-refractivity contribution in [2.24, 2.45) is 5.92 Å². The van der Waals surface area contributed by atoms with Gasteiger partial charge in [-0.1, -0.05) is 25.8 Å². The van der Waals surface area contributed by atoms with Crippen molar-refractivity contribution in [3.63, 3.8) is 0 Å². The number of nitrogens with zero attached hydrogens (tertiary/aromatic N) is 1. The maximum absolute atomic E-state index is 12.2. The van der Waals surface area contributed by atoms with Crippen molar-refractivity contribution in [2.75, 3.05) is 14.1 Å². The second kappa shape index (κ2) is 4.93. The maximum Gasteiger partial charge on any atom is 0.156 e. The van der Waals surface area contributed by atoms with Gasteiger partial charge in [0.15, 0.2) is 5.78 Å². The fourth-order valence-electron chi connectivity index (χ4n) is 2.75. The van der Waals surface area contributed by atoms with Crippen LogP contribution in [0.3, 0.4) is 0 Å². The van der Waals surface area contributed by atoms with E-state index in [4.69, 9.17) is 0 Å². The summed E-state index contributed by atoms with van der Waals surface area (Å²) >= 11 is 0. The Balaban J connectivity index is 2.86. The summed E-state index contributed by atoms with van der Waals surface area (Å²) in [5.74, 6) is 1.00. The number of hydrogen-bond acceptors (Lipinski definition) is 2. The first-order valence-electron chi connectivity index (χ1n) is 5.84. The molecule has 0 heterocycles. The minimum absolute atomic E-state index is 0.216. The molecule has 1 saturated carbocycles. The van der Waals surface area contributed by atoms with Gasteiger partial charge in [-0.2, -0.15) is 0 Å². The Hall–Kier alpha value is -0.630. The van der Waals surface area contributed by atoms with Crippen LogP contribution in [-0.2, 0) is 4.79 Å². The molecule has 0 bridgehead atoms. The number of carbonyl (C=O) groups excluding carboxylic acids is 1. The van der Waals surface area contributed by atoms with E-state index in [2.05, 4.69) is 18.4 Å². The molecular weight excluding hydrogens is 186 g/mol. The average Bonchev–Trinajstić information content (AvgIpc) is 2.17. The van der Waals surface area contributed by atoms with Gasteiger partial charge in [0, 0.05) is 6.42 Å². The summed E-state index contributed by atoms with van der Waals surface area (Å²) in [6.45, 7) is 5.91. The highest BCUT2D eigenvalue weighted by molar-refractivity contribution is 5.89. The Bertz CT molecular complexity index is 247. The highest BCUT2D eigenvalue weighted by Gasteiger charge is 2.42. The molecule has 0 radical (unpaired) electrons. The third-order valence-corrected chi connectivity index (χ3v) is 3.68. The van der Waals surface area contributed by atoms with Crippen LogP contribution in [0, 0.1) is 5.92 Å². The third-order valence-electron chi connectivity index (χ3n) is 3.68. The number of ketones is 1. The number of rotatable bonds is 4. The highest BCUT2D eigenvalue weighted by Crippen LogP contribution is 2.37. The molecular formula is C13H23NO. The lowest BCUT2D eigenvalue weighted by molar-refractivity contribution is -0.131. The molecule has 1 aliphatic carbocycles. The Kier molecular flexibility index (Phi) is 4.09. The van der Waals surface area contributed by atoms with E-state index in [1.54, 1.807) is 6.08 Å². The molecule has 0 saturated heterocycles. The van der Waals surface area contributed by atoms with Crippen molar-refractivity contribution in [2.45, 2.75) is 44.6 Å². The summed E-state index contributed by atoms with van der Waals surface area (Å²) < 4.78 is 0. The van der Waals surface area contributed by atoms with Crippen LogP contribution in [-0.4, -0.2) is 30.3 Å². The second-order valence-corrected chi connectivity index (χ2v) is 5.04. The van der Waals surface area contributed by atoms with Gasteiger partial charge in [-0.05, 0) is 32.9 Å². The fourth-order valence-corrected chi connectivity index (χ4v) is 2.75. The van der Waals surface area contributed by atoms with E-state index >= 15 is 0 Å². The zero-order valence-corrected chi connectivity index (χ0v) is 10.3. The van der Waals surface area contributed by atoms with Crippen LogP contribution in [0.2, 0.25) is 0 Å². The van der Waals surface area contributed by atoms with E-state index in [0.29, 0.717) is 18.1 Å². The van der Waals surface area contributed by atoms with Gasteiger partial charge in [0.1, 0.15) is 0 Å². The lowest BCUT2D eigenvalue weighted by Gasteiger charge is -2.43. The first kappa shape index (κ1) is 12.4. The van der Waals surface area contributed by atoms with Crippen LogP contribution in [0.5, 0.6) is 0 Å². The zero-order chi connectivity index (χ0) is 11.5. The molecule has 2 unspecified atom stereocenters. The molecule has 0 aromatic rings. The predicted molar refractivity (Wildman–Crippen MR) is 63.9 cm³/mol. The van der Waals surface area contributed by atoms with Crippen LogP contribution < -0.4 is 0 Å². The van der Waals surface area contributed by atoms with Crippen molar-refractivity contribution >= 4 is 5.78 Å². The second-order valence-electron chi connectivity index (χ2n) is 5.04. The smallest absolute Gasteiger partial charge is 0.156 e. The minimum Gasteiger partial charge on any atom is -0.297 e. The van der Waals surface area contributed by atoms with Crippen LogP contribution in [0.1, 0.15) is 39.0 Å². The number of allylic oxidation sites excluding steroid dienone is 1. The Morgan fingerprint density at radius 3 is 2.73 bits per heavy atom. The molecule has 15 heavy (non-hydrogen) atoms. The van der Waals surface area contributed by atoms with Gasteiger partial charge in [-0.3, -0.25) is 9.69 Å². The van der Waals surface area contributed by atoms with Gasteiger partial charge >= 0.3 is 0 Å². The van der Waals surface area contributed by atoms with E-state index in [1.807, 2.05) is 14.1 Å². The first-order chi connectivity index (χ1) is 7.03. The SMILES string of the molecule is C=CCC(=O)C1(N(C)C)CCCC(C)C1. The highest BCUT2D eigenvalue weighted by atomic mass is 16.1. The van der Waals surface area contributed by atoms with E-state index in [-0.39, 0.29) is 5.54 Å². The summed E-state index contributed by atoms with van der Waals surface area (Å²) in [4.78, 5) is 14.3. The maximum atomic E-state index is 12.2. The van der Waals surface area contributed by atoms with Crippen LogP contribution in [0.25, 0.3) is 0 Å². The standard InChI is InChI=1S/C13H23NO/c1-5-7-12(15)13(14(3)4)9-6-8-11(2)10-13/h5,11H,1,6-10H2,2-4H3. The van der Waals surface area contributed by atoms with Crippen LogP contribution >= 0.6 is 0 Å². The molecule has 0 N–H and O–H groups in total. The quantitative estimate of drug-likeness (QED) is 0.663. The fraction of sp³-hybridized carbons (Fsp3) is 0.769. The van der Waals surface area contributed by atoms with Gasteiger partial charge in [0.2, 0.25) is 0 Å². The molecule has 2 nitrogen and oxygen atoms in total. The minimum atomic E-state index is -0.216. The van der Waals surface area contributed by atoms with Crippen molar-refractivity contribution in [1.29, 1.82) is 0 Å². The molecule has 1 rings (SSSR count). The summed E-state index contributed by atoms with van der Waals surface area (Å²) in [5, 5.41) is 0. The largest absolute Gasteiger partial charge is 0.297 e. The molecule has 1 aliphatic rings. The number of hydrogen-bond donors (Lipinski definition) is 0. The lowest BCUT2D eigenvalue weighted by Crippen LogP contribution is -2.53. The van der Waals surface area contributed by atoms with Crippen molar-refractivity contribution in [1.82, 2.24) is 4.90 Å². The molecule has 86 valence electrons. The average molecular weight is 209 g/mol. The monoisotopic (exact) mass is 209 g/mol. The van der Waals surface area contributed by atoms with Gasteiger partial charge in [-0.25, -0.2) is 0 Å². The van der Waals surface area contributed by atoms with Crippen molar-refractivity contribution < 1.29 is 4.79 Å². The molecule has 2 atom stereocenters. The van der Waals surface area contributed by atoms with Gasteiger partial charge in [-0.15, -0.1) is 6.58 Å². The predicted octanol–water partition coefficient (Wildman–Crippen LogP) is 2.64. The number of Topliss-reactive ketones (excluding diaryl/α,β-unsaturated/α-hetero) is 1. The number of carbonyl (C=O) groups is 1. The Morgan fingerprint density at radius 2 is 2.27 bits per heavy atom. The topological polar surface area (TPSA) is 20.3 Å². The van der Waals surface area contributed by atoms with E-state index in [0.717, 1.165) is 12.8 Å². The van der Waals surface area contributed by atoms with E-state index in [9.17, 15) is 4.79 Å². The molecule has 0 spiro atoms. The molecule has 1 fully saturated rings. The number of likely N-dealkylation sites (N-methyl/N-ethyl adjacent to an activating group) is 1. The molecule has 2 heteroatoms. The molecule has 0 aromatic carbocycles. The Labute approximate surface area is 93.3 Å². The summed E-state index contributed by atoms with van der Waals surface area (Å²) in [7, 11) is 4.05. The van der Waals surface area contributed by atoms with Crippen molar-refractivity contribution in [3.05, 3.63) is 12.7 Å².